The minimum absolute atomic E-state index is 0.0961. The smallest absolute Gasteiger partial charge is 0.166 e. The molecule has 0 radical (unpaired) electrons. The highest BCUT2D eigenvalue weighted by Crippen LogP contribution is 2.36. The Morgan fingerprint density at radius 3 is 2.37 bits per heavy atom. The van der Waals surface area contributed by atoms with E-state index in [1.54, 1.807) is 24.3 Å². The van der Waals surface area contributed by atoms with E-state index in [2.05, 4.69) is 6.92 Å². The summed E-state index contributed by atoms with van der Waals surface area (Å²) in [7, 11) is 0. The van der Waals surface area contributed by atoms with Gasteiger partial charge in [-0.25, -0.2) is 13.2 Å². The quantitative estimate of drug-likeness (QED) is 0.373. The number of benzene rings is 2. The van der Waals surface area contributed by atoms with Crippen molar-refractivity contribution in [3.8, 4) is 11.1 Å². The van der Waals surface area contributed by atoms with E-state index in [-0.39, 0.29) is 11.7 Å². The molecule has 0 saturated carbocycles. The van der Waals surface area contributed by atoms with Crippen LogP contribution in [-0.4, -0.2) is 6.61 Å². The number of halogens is 3. The standard InChI is InChI=1S/C26H33F3O/c1-3-5-7-8-18-10-15-24(30-17-18)22-14-12-20(16-23(22)27)21-13-11-19(9-6-4-2)25(28)26(21)29/h11-14,16,18,24H,3-10,15,17H2,1-2H3. The van der Waals surface area contributed by atoms with E-state index in [0.29, 0.717) is 35.6 Å². The predicted molar refractivity (Wildman–Crippen MR) is 116 cm³/mol. The van der Waals surface area contributed by atoms with Crippen LogP contribution in [0.2, 0.25) is 0 Å². The molecule has 0 aromatic heterocycles. The molecule has 3 rings (SSSR count). The normalized spacial score (nSPS) is 19.2. The SMILES string of the molecule is CCCCCC1CCC(c2ccc(-c3ccc(CCCC)c(F)c3F)cc2F)OC1. The lowest BCUT2D eigenvalue weighted by atomic mass is 9.90. The molecule has 1 nitrogen and oxygen atoms in total. The van der Waals surface area contributed by atoms with E-state index in [1.807, 2.05) is 6.92 Å². The lowest BCUT2D eigenvalue weighted by Crippen LogP contribution is -2.21. The molecule has 0 bridgehead atoms. The first-order chi connectivity index (χ1) is 14.5. The molecule has 2 aromatic carbocycles. The van der Waals surface area contributed by atoms with Crippen LogP contribution >= 0.6 is 0 Å². The maximum Gasteiger partial charge on any atom is 0.166 e. The molecule has 1 aliphatic rings. The van der Waals surface area contributed by atoms with Gasteiger partial charge in [0, 0.05) is 11.1 Å². The number of hydrogen-bond donors (Lipinski definition) is 0. The third kappa shape index (κ3) is 5.46. The summed E-state index contributed by atoms with van der Waals surface area (Å²) in [6, 6.07) is 7.79. The summed E-state index contributed by atoms with van der Waals surface area (Å²) in [6.45, 7) is 4.87. The average Bonchev–Trinajstić information content (AvgIpc) is 2.75. The van der Waals surface area contributed by atoms with Gasteiger partial charge in [-0.05, 0) is 55.2 Å². The second kappa shape index (κ2) is 11.0. The minimum atomic E-state index is -0.903. The molecule has 30 heavy (non-hydrogen) atoms. The number of aryl methyl sites for hydroxylation is 1. The van der Waals surface area contributed by atoms with E-state index in [0.717, 1.165) is 25.7 Å². The first-order valence-electron chi connectivity index (χ1n) is 11.4. The van der Waals surface area contributed by atoms with Crippen molar-refractivity contribution in [2.24, 2.45) is 5.92 Å². The molecule has 4 heteroatoms. The number of unbranched alkanes of at least 4 members (excludes halogenated alkanes) is 3. The summed E-state index contributed by atoms with van der Waals surface area (Å²) in [4.78, 5) is 0. The van der Waals surface area contributed by atoms with E-state index in [4.69, 9.17) is 4.74 Å². The maximum atomic E-state index is 14.8. The third-order valence-electron chi connectivity index (χ3n) is 6.21. The average molecular weight is 419 g/mol. The Morgan fingerprint density at radius 2 is 1.70 bits per heavy atom. The van der Waals surface area contributed by atoms with Crippen molar-refractivity contribution < 1.29 is 17.9 Å². The van der Waals surface area contributed by atoms with Gasteiger partial charge < -0.3 is 4.74 Å². The summed E-state index contributed by atoms with van der Waals surface area (Å²) in [5, 5.41) is 0. The topological polar surface area (TPSA) is 9.23 Å². The van der Waals surface area contributed by atoms with Gasteiger partial charge in [0.25, 0.3) is 0 Å². The van der Waals surface area contributed by atoms with Crippen molar-refractivity contribution in [3.63, 3.8) is 0 Å². The Balaban J connectivity index is 1.70. The monoisotopic (exact) mass is 418 g/mol. The zero-order valence-corrected chi connectivity index (χ0v) is 18.2. The molecular weight excluding hydrogens is 385 g/mol. The van der Waals surface area contributed by atoms with Crippen LogP contribution in [-0.2, 0) is 11.2 Å². The highest BCUT2D eigenvalue weighted by molar-refractivity contribution is 5.65. The number of ether oxygens (including phenoxy) is 1. The van der Waals surface area contributed by atoms with Crippen molar-refractivity contribution >= 4 is 0 Å². The van der Waals surface area contributed by atoms with E-state index < -0.39 is 17.5 Å². The second-order valence-corrected chi connectivity index (χ2v) is 8.50. The Morgan fingerprint density at radius 1 is 0.900 bits per heavy atom. The summed E-state index contributed by atoms with van der Waals surface area (Å²) < 4.78 is 49.8. The van der Waals surface area contributed by atoms with Crippen molar-refractivity contribution in [2.45, 2.75) is 77.7 Å². The fourth-order valence-electron chi connectivity index (χ4n) is 4.29. The van der Waals surface area contributed by atoms with Crippen LogP contribution in [0.5, 0.6) is 0 Å². The molecule has 1 saturated heterocycles. The van der Waals surface area contributed by atoms with E-state index in [1.165, 1.54) is 31.7 Å². The Kier molecular flexibility index (Phi) is 8.38. The van der Waals surface area contributed by atoms with Crippen LogP contribution in [0.3, 0.4) is 0 Å². The van der Waals surface area contributed by atoms with Crippen LogP contribution in [0, 0.1) is 23.4 Å². The summed E-state index contributed by atoms with van der Waals surface area (Å²) in [5.41, 5.74) is 1.33. The van der Waals surface area contributed by atoms with Gasteiger partial charge in [0.2, 0.25) is 0 Å². The fraction of sp³-hybridized carbons (Fsp3) is 0.538. The highest BCUT2D eigenvalue weighted by atomic mass is 19.2. The van der Waals surface area contributed by atoms with Crippen LogP contribution < -0.4 is 0 Å². The molecular formula is C26H33F3O. The summed E-state index contributed by atoms with van der Waals surface area (Å²) in [5.74, 6) is -1.59. The van der Waals surface area contributed by atoms with Gasteiger partial charge in [0.15, 0.2) is 11.6 Å². The zero-order chi connectivity index (χ0) is 21.5. The lowest BCUT2D eigenvalue weighted by molar-refractivity contribution is -0.0215. The van der Waals surface area contributed by atoms with Crippen molar-refractivity contribution in [2.75, 3.05) is 6.61 Å². The Labute approximate surface area is 178 Å². The molecule has 2 atom stereocenters. The van der Waals surface area contributed by atoms with Gasteiger partial charge in [-0.2, -0.15) is 0 Å². The molecule has 2 unspecified atom stereocenters. The van der Waals surface area contributed by atoms with Gasteiger partial charge >= 0.3 is 0 Å². The van der Waals surface area contributed by atoms with Gasteiger partial charge in [0.1, 0.15) is 5.82 Å². The molecule has 1 heterocycles. The third-order valence-corrected chi connectivity index (χ3v) is 6.21. The molecule has 1 aliphatic heterocycles. The van der Waals surface area contributed by atoms with Crippen molar-refractivity contribution in [3.05, 3.63) is 58.9 Å². The Bertz CT molecular complexity index is 825. The number of hydrogen-bond acceptors (Lipinski definition) is 1. The number of rotatable bonds is 9. The first-order valence-corrected chi connectivity index (χ1v) is 11.4. The maximum absolute atomic E-state index is 14.8. The second-order valence-electron chi connectivity index (χ2n) is 8.50. The summed E-state index contributed by atoms with van der Waals surface area (Å²) in [6.07, 6.45) is 8.63. The lowest BCUT2D eigenvalue weighted by Gasteiger charge is -2.29. The van der Waals surface area contributed by atoms with Gasteiger partial charge in [-0.3, -0.25) is 0 Å². The molecule has 0 aliphatic carbocycles. The van der Waals surface area contributed by atoms with Crippen LogP contribution in [0.1, 0.15) is 82.4 Å². The zero-order valence-electron chi connectivity index (χ0n) is 18.2. The molecule has 0 spiro atoms. The van der Waals surface area contributed by atoms with E-state index >= 15 is 0 Å². The predicted octanol–water partition coefficient (Wildman–Crippen LogP) is 8.16. The fourth-order valence-corrected chi connectivity index (χ4v) is 4.29. The molecule has 164 valence electrons. The van der Waals surface area contributed by atoms with Crippen LogP contribution in [0.25, 0.3) is 11.1 Å². The van der Waals surface area contributed by atoms with Gasteiger partial charge in [-0.15, -0.1) is 0 Å². The van der Waals surface area contributed by atoms with E-state index in [9.17, 15) is 13.2 Å². The van der Waals surface area contributed by atoms with Crippen molar-refractivity contribution in [1.29, 1.82) is 0 Å². The van der Waals surface area contributed by atoms with Crippen LogP contribution in [0.15, 0.2) is 30.3 Å². The molecule has 1 fully saturated rings. The van der Waals surface area contributed by atoms with Gasteiger partial charge in [-0.1, -0.05) is 63.8 Å². The Hall–Kier alpha value is -1.81. The van der Waals surface area contributed by atoms with Gasteiger partial charge in [0.05, 0.1) is 12.7 Å². The largest absolute Gasteiger partial charge is 0.373 e. The molecule has 0 amide bonds. The van der Waals surface area contributed by atoms with Crippen LogP contribution in [0.4, 0.5) is 13.2 Å². The highest BCUT2D eigenvalue weighted by Gasteiger charge is 2.25. The first kappa shape index (κ1) is 22.9. The molecule has 2 aromatic rings. The summed E-state index contributed by atoms with van der Waals surface area (Å²) >= 11 is 0. The van der Waals surface area contributed by atoms with Crippen molar-refractivity contribution in [1.82, 2.24) is 0 Å². The molecule has 0 N–H and O–H groups in total. The minimum Gasteiger partial charge on any atom is -0.373 e.